The summed E-state index contributed by atoms with van der Waals surface area (Å²) < 4.78 is 10.6. The van der Waals surface area contributed by atoms with E-state index in [1.807, 2.05) is 23.6 Å². The summed E-state index contributed by atoms with van der Waals surface area (Å²) in [4.78, 5) is 4.58. The zero-order chi connectivity index (χ0) is 16.2. The summed E-state index contributed by atoms with van der Waals surface area (Å²) in [6.07, 6.45) is 0. The minimum atomic E-state index is 0. The molecule has 0 radical (unpaired) electrons. The molecular weight excluding hydrogens is 392 g/mol. The molecule has 0 fully saturated rings. The van der Waals surface area contributed by atoms with Gasteiger partial charge < -0.3 is 19.9 Å². The second-order valence-electron chi connectivity index (χ2n) is 4.78. The van der Waals surface area contributed by atoms with Gasteiger partial charge in [-0.15, -0.1) is 28.3 Å². The van der Waals surface area contributed by atoms with E-state index in [0.717, 1.165) is 22.1 Å². The van der Waals surface area contributed by atoms with Gasteiger partial charge in [-0.2, -0.15) is 0 Å². The summed E-state index contributed by atoms with van der Waals surface area (Å²) in [7, 11) is 3.22. The van der Waals surface area contributed by atoms with E-state index >= 15 is 0 Å². The van der Waals surface area contributed by atoms with Crippen molar-refractivity contribution in [2.45, 2.75) is 0 Å². The second kappa shape index (κ2) is 8.03. The Hall–Kier alpha value is -2.25. The van der Waals surface area contributed by atoms with Crippen molar-refractivity contribution in [1.82, 2.24) is 4.98 Å². The first-order chi connectivity index (χ1) is 11.2. The van der Waals surface area contributed by atoms with Gasteiger partial charge in [-0.3, -0.25) is 0 Å². The molecule has 3 rings (SSSR count). The lowest BCUT2D eigenvalue weighted by molar-refractivity contribution is 0.355. The Kier molecular flexibility index (Phi) is 6.05. The molecule has 0 amide bonds. The number of aromatic nitrogens is 1. The average molecular weight is 409 g/mol. The summed E-state index contributed by atoms with van der Waals surface area (Å²) >= 11 is 1.51. The monoisotopic (exact) mass is 408 g/mol. The van der Waals surface area contributed by atoms with Crippen molar-refractivity contribution in [3.63, 3.8) is 0 Å². The van der Waals surface area contributed by atoms with Crippen LogP contribution >= 0.6 is 28.3 Å². The van der Waals surface area contributed by atoms with Crippen molar-refractivity contribution < 1.29 is 14.6 Å². The van der Waals surface area contributed by atoms with Gasteiger partial charge >= 0.3 is 0 Å². The molecule has 2 N–H and O–H groups in total. The molecule has 0 atom stereocenters. The molecule has 0 aliphatic carbocycles. The largest absolute Gasteiger partial charge is 0.508 e. The fourth-order valence-electron chi connectivity index (χ4n) is 2.13. The molecule has 0 saturated carbocycles. The zero-order valence-corrected chi connectivity index (χ0v) is 15.7. The van der Waals surface area contributed by atoms with Crippen molar-refractivity contribution in [3.05, 3.63) is 47.8 Å². The smallest absolute Gasteiger partial charge is 0.187 e. The first kappa shape index (κ1) is 18.1. The van der Waals surface area contributed by atoms with Crippen molar-refractivity contribution in [2.24, 2.45) is 0 Å². The van der Waals surface area contributed by atoms with E-state index < -0.39 is 0 Å². The number of anilines is 2. The highest BCUT2D eigenvalue weighted by Crippen LogP contribution is 2.34. The normalized spacial score (nSPS) is 9.92. The van der Waals surface area contributed by atoms with E-state index in [-0.39, 0.29) is 22.7 Å². The van der Waals surface area contributed by atoms with E-state index in [0.29, 0.717) is 11.5 Å². The van der Waals surface area contributed by atoms with Crippen LogP contribution in [0.4, 0.5) is 10.8 Å². The van der Waals surface area contributed by atoms with Crippen molar-refractivity contribution in [3.8, 4) is 28.5 Å². The first-order valence-electron chi connectivity index (χ1n) is 6.93. The molecule has 0 aliphatic heterocycles. The van der Waals surface area contributed by atoms with Gasteiger partial charge in [0.15, 0.2) is 16.6 Å². The zero-order valence-electron chi connectivity index (χ0n) is 13.1. The number of methoxy groups -OCH3 is 2. The van der Waals surface area contributed by atoms with E-state index in [4.69, 9.17) is 9.47 Å². The number of nitrogens with zero attached hydrogens (tertiary/aromatic N) is 1. The topological polar surface area (TPSA) is 63.6 Å². The Balaban J connectivity index is 0.00000208. The Bertz CT molecular complexity index is 806. The molecule has 7 heteroatoms. The van der Waals surface area contributed by atoms with Crippen LogP contribution < -0.4 is 14.8 Å². The molecule has 5 nitrogen and oxygen atoms in total. The molecule has 0 saturated heterocycles. The number of thiazole rings is 1. The van der Waals surface area contributed by atoms with Gasteiger partial charge in [0.05, 0.1) is 19.9 Å². The second-order valence-corrected chi connectivity index (χ2v) is 5.64. The summed E-state index contributed by atoms with van der Waals surface area (Å²) in [5, 5.41) is 15.3. The molecule has 126 valence electrons. The maximum Gasteiger partial charge on any atom is 0.187 e. The minimum Gasteiger partial charge on any atom is -0.508 e. The van der Waals surface area contributed by atoms with Crippen LogP contribution in [0.15, 0.2) is 47.8 Å². The minimum absolute atomic E-state index is 0. The van der Waals surface area contributed by atoms with Crippen molar-refractivity contribution >= 4 is 39.1 Å². The fraction of sp³-hybridized carbons (Fsp3) is 0.118. The molecule has 2 aromatic carbocycles. The summed E-state index contributed by atoms with van der Waals surface area (Å²) in [6.45, 7) is 0. The van der Waals surface area contributed by atoms with Gasteiger partial charge in [-0.05, 0) is 42.5 Å². The van der Waals surface area contributed by atoms with E-state index in [1.54, 1.807) is 38.5 Å². The Morgan fingerprint density at radius 2 is 1.71 bits per heavy atom. The maximum atomic E-state index is 9.30. The quantitative estimate of drug-likeness (QED) is 0.590. The number of ether oxygens (including phenoxy) is 2. The third-order valence-electron chi connectivity index (χ3n) is 3.30. The number of phenols is 1. The highest BCUT2D eigenvalue weighted by Gasteiger charge is 2.09. The standard InChI is InChI=1S/C17H16N2O3S.BrH/c1-21-15-8-3-11(9-16(15)22-2)14-10-23-17(19-14)18-12-4-6-13(20)7-5-12;/h3-10,20H,1-2H3,(H,18,19);1H. The summed E-state index contributed by atoms with van der Waals surface area (Å²) in [6, 6.07) is 12.6. The number of benzene rings is 2. The third-order valence-corrected chi connectivity index (χ3v) is 4.06. The van der Waals surface area contributed by atoms with Crippen LogP contribution in [0.25, 0.3) is 11.3 Å². The van der Waals surface area contributed by atoms with Gasteiger partial charge in [-0.25, -0.2) is 4.98 Å². The highest BCUT2D eigenvalue weighted by atomic mass is 79.9. The Morgan fingerprint density at radius 1 is 1.00 bits per heavy atom. The van der Waals surface area contributed by atoms with Crippen LogP contribution in [0.3, 0.4) is 0 Å². The third kappa shape index (κ3) is 3.98. The van der Waals surface area contributed by atoms with Crippen LogP contribution in [0.2, 0.25) is 0 Å². The number of hydrogen-bond acceptors (Lipinski definition) is 6. The lowest BCUT2D eigenvalue weighted by Crippen LogP contribution is -1.91. The Morgan fingerprint density at radius 3 is 2.38 bits per heavy atom. The molecule has 0 aliphatic rings. The van der Waals surface area contributed by atoms with Gasteiger partial charge in [-0.1, -0.05) is 0 Å². The number of phenolic OH excluding ortho intramolecular Hbond substituents is 1. The molecule has 0 bridgehead atoms. The van der Waals surface area contributed by atoms with Crippen LogP contribution in [0.5, 0.6) is 17.2 Å². The Labute approximate surface area is 154 Å². The van der Waals surface area contributed by atoms with E-state index in [9.17, 15) is 5.11 Å². The van der Waals surface area contributed by atoms with E-state index in [2.05, 4.69) is 10.3 Å². The summed E-state index contributed by atoms with van der Waals surface area (Å²) in [5.41, 5.74) is 2.69. The van der Waals surface area contributed by atoms with Crippen LogP contribution in [-0.2, 0) is 0 Å². The molecule has 3 aromatic rings. The fourth-order valence-corrected chi connectivity index (χ4v) is 2.87. The average Bonchev–Trinajstić information content (AvgIpc) is 3.05. The molecule has 24 heavy (non-hydrogen) atoms. The van der Waals surface area contributed by atoms with Crippen LogP contribution in [-0.4, -0.2) is 24.3 Å². The van der Waals surface area contributed by atoms with Crippen molar-refractivity contribution in [2.75, 3.05) is 19.5 Å². The number of rotatable bonds is 5. The maximum absolute atomic E-state index is 9.30. The lowest BCUT2D eigenvalue weighted by atomic mass is 10.1. The number of aromatic hydroxyl groups is 1. The first-order valence-corrected chi connectivity index (χ1v) is 7.81. The molecule has 1 heterocycles. The number of halogens is 1. The van der Waals surface area contributed by atoms with Gasteiger partial charge in [0.1, 0.15) is 5.75 Å². The molecule has 0 unspecified atom stereocenters. The van der Waals surface area contributed by atoms with Gasteiger partial charge in [0.2, 0.25) is 0 Å². The van der Waals surface area contributed by atoms with Gasteiger partial charge in [0.25, 0.3) is 0 Å². The molecular formula is C17H17BrN2O3S. The van der Waals surface area contributed by atoms with E-state index in [1.165, 1.54) is 11.3 Å². The predicted molar refractivity (Wildman–Crippen MR) is 102 cm³/mol. The molecule has 0 spiro atoms. The van der Waals surface area contributed by atoms with Crippen LogP contribution in [0.1, 0.15) is 0 Å². The molecule has 1 aromatic heterocycles. The highest BCUT2D eigenvalue weighted by molar-refractivity contribution is 8.93. The van der Waals surface area contributed by atoms with Crippen LogP contribution in [0, 0.1) is 0 Å². The van der Waals surface area contributed by atoms with Gasteiger partial charge in [0, 0.05) is 16.6 Å². The van der Waals surface area contributed by atoms with Crippen molar-refractivity contribution in [1.29, 1.82) is 0 Å². The number of hydrogen-bond donors (Lipinski definition) is 2. The summed E-state index contributed by atoms with van der Waals surface area (Å²) in [5.74, 6) is 1.60. The SMILES string of the molecule is Br.COc1ccc(-c2csc(Nc3ccc(O)cc3)n2)cc1OC. The lowest BCUT2D eigenvalue weighted by Gasteiger charge is -2.08. The number of nitrogens with one attached hydrogen (secondary N) is 1. The predicted octanol–water partition coefficient (Wildman–Crippen LogP) is 4.85.